The van der Waals surface area contributed by atoms with Gasteiger partial charge in [-0.25, -0.2) is 9.97 Å². The van der Waals surface area contributed by atoms with Gasteiger partial charge >= 0.3 is 0 Å². The lowest BCUT2D eigenvalue weighted by molar-refractivity contribution is 0.266. The Labute approximate surface area is 102 Å². The van der Waals surface area contributed by atoms with Gasteiger partial charge in [0, 0.05) is 19.0 Å². The molecule has 0 spiro atoms. The van der Waals surface area contributed by atoms with Crippen LogP contribution in [0.3, 0.4) is 0 Å². The summed E-state index contributed by atoms with van der Waals surface area (Å²) in [5, 5.41) is 15.8. The zero-order valence-corrected chi connectivity index (χ0v) is 10.7. The zero-order chi connectivity index (χ0) is 12.5. The molecule has 2 rings (SSSR count). The Kier molecular flexibility index (Phi) is 3.19. The summed E-state index contributed by atoms with van der Waals surface area (Å²) in [6, 6.07) is 0. The van der Waals surface area contributed by atoms with Gasteiger partial charge in [0.1, 0.15) is 17.5 Å². The topological polar surface area (TPSA) is 70.1 Å². The number of nitrogens with one attached hydrogen (secondary N) is 2. The average Bonchev–Trinajstić information content (AvgIpc) is 3.12. The van der Waals surface area contributed by atoms with Gasteiger partial charge in [0.2, 0.25) is 0 Å². The van der Waals surface area contributed by atoms with Gasteiger partial charge in [0.05, 0.1) is 12.1 Å². The van der Waals surface area contributed by atoms with Crippen LogP contribution in [0.1, 0.15) is 31.2 Å². The van der Waals surface area contributed by atoms with Gasteiger partial charge < -0.3 is 15.7 Å². The zero-order valence-electron chi connectivity index (χ0n) is 10.7. The van der Waals surface area contributed by atoms with Crippen LogP contribution in [0.15, 0.2) is 0 Å². The molecular formula is C12H20N4O. The fourth-order valence-corrected chi connectivity index (χ4v) is 1.81. The molecule has 5 nitrogen and oxygen atoms in total. The molecule has 3 N–H and O–H groups in total. The van der Waals surface area contributed by atoms with Crippen LogP contribution in [0.25, 0.3) is 0 Å². The molecule has 1 fully saturated rings. The van der Waals surface area contributed by atoms with Gasteiger partial charge in [-0.1, -0.05) is 6.92 Å². The first-order valence-corrected chi connectivity index (χ1v) is 6.08. The number of aliphatic hydroxyl groups excluding tert-OH is 1. The highest BCUT2D eigenvalue weighted by Crippen LogP contribution is 2.39. The van der Waals surface area contributed by atoms with E-state index in [1.54, 1.807) is 0 Å². The van der Waals surface area contributed by atoms with E-state index in [2.05, 4.69) is 20.6 Å². The van der Waals surface area contributed by atoms with E-state index in [-0.39, 0.29) is 12.1 Å². The van der Waals surface area contributed by atoms with E-state index in [4.69, 9.17) is 0 Å². The fourth-order valence-electron chi connectivity index (χ4n) is 1.81. The standard InChI is InChI=1S/C12H20N4O/c1-4-9-14-10(13-3)8(2)11(15-9)16-12(7-17)5-6-12/h17H,4-7H2,1-3H3,(H2,13,14,15,16). The highest BCUT2D eigenvalue weighted by molar-refractivity contribution is 5.58. The van der Waals surface area contributed by atoms with Crippen molar-refractivity contribution in [3.8, 4) is 0 Å². The molecule has 0 bridgehead atoms. The van der Waals surface area contributed by atoms with Crippen LogP contribution in [0, 0.1) is 6.92 Å². The second-order valence-electron chi connectivity index (χ2n) is 4.63. The SMILES string of the molecule is CCc1nc(NC)c(C)c(NC2(CO)CC2)n1. The number of aromatic nitrogens is 2. The molecule has 0 unspecified atom stereocenters. The molecule has 0 aromatic carbocycles. The quantitative estimate of drug-likeness (QED) is 0.719. The molecule has 1 aromatic rings. The highest BCUT2D eigenvalue weighted by Gasteiger charge is 2.42. The van der Waals surface area contributed by atoms with Crippen molar-refractivity contribution in [2.45, 2.75) is 38.6 Å². The summed E-state index contributed by atoms with van der Waals surface area (Å²) < 4.78 is 0. The average molecular weight is 236 g/mol. The second-order valence-corrected chi connectivity index (χ2v) is 4.63. The van der Waals surface area contributed by atoms with Crippen molar-refractivity contribution in [1.82, 2.24) is 9.97 Å². The van der Waals surface area contributed by atoms with Gasteiger partial charge in [0.15, 0.2) is 0 Å². The van der Waals surface area contributed by atoms with E-state index >= 15 is 0 Å². The van der Waals surface area contributed by atoms with Gasteiger partial charge in [0.25, 0.3) is 0 Å². The van der Waals surface area contributed by atoms with E-state index in [0.29, 0.717) is 0 Å². The number of rotatable bonds is 5. The van der Waals surface area contributed by atoms with Crippen molar-refractivity contribution >= 4 is 11.6 Å². The predicted molar refractivity (Wildman–Crippen MR) is 68.4 cm³/mol. The summed E-state index contributed by atoms with van der Waals surface area (Å²) in [7, 11) is 1.86. The van der Waals surface area contributed by atoms with E-state index in [9.17, 15) is 5.11 Å². The van der Waals surface area contributed by atoms with Crippen molar-refractivity contribution in [3.05, 3.63) is 11.4 Å². The van der Waals surface area contributed by atoms with E-state index < -0.39 is 0 Å². The first-order valence-electron chi connectivity index (χ1n) is 6.08. The summed E-state index contributed by atoms with van der Waals surface area (Å²) >= 11 is 0. The number of aryl methyl sites for hydroxylation is 1. The Morgan fingerprint density at radius 1 is 1.29 bits per heavy atom. The second kappa shape index (κ2) is 4.49. The normalized spacial score (nSPS) is 16.7. The van der Waals surface area contributed by atoms with Crippen LogP contribution < -0.4 is 10.6 Å². The number of hydrogen-bond acceptors (Lipinski definition) is 5. The highest BCUT2D eigenvalue weighted by atomic mass is 16.3. The molecule has 5 heteroatoms. The van der Waals surface area contributed by atoms with Crippen LogP contribution >= 0.6 is 0 Å². The molecule has 0 atom stereocenters. The van der Waals surface area contributed by atoms with Crippen LogP contribution in [0.4, 0.5) is 11.6 Å². The van der Waals surface area contributed by atoms with Crippen LogP contribution in [-0.2, 0) is 6.42 Å². The number of aliphatic hydroxyl groups is 1. The molecule has 0 saturated heterocycles. The Morgan fingerprint density at radius 3 is 2.41 bits per heavy atom. The minimum absolute atomic E-state index is 0.144. The molecule has 1 aliphatic carbocycles. The van der Waals surface area contributed by atoms with Crippen molar-refractivity contribution in [2.75, 3.05) is 24.3 Å². The summed E-state index contributed by atoms with van der Waals surface area (Å²) in [6.07, 6.45) is 2.81. The molecule has 17 heavy (non-hydrogen) atoms. The molecule has 94 valence electrons. The molecule has 1 saturated carbocycles. The molecule has 1 aromatic heterocycles. The maximum Gasteiger partial charge on any atom is 0.135 e. The molecule has 0 amide bonds. The van der Waals surface area contributed by atoms with E-state index in [0.717, 1.165) is 42.3 Å². The van der Waals surface area contributed by atoms with Crippen molar-refractivity contribution in [2.24, 2.45) is 0 Å². The van der Waals surface area contributed by atoms with Crippen molar-refractivity contribution in [3.63, 3.8) is 0 Å². The Morgan fingerprint density at radius 2 is 1.94 bits per heavy atom. The minimum atomic E-state index is -0.144. The lowest BCUT2D eigenvalue weighted by Crippen LogP contribution is -2.27. The van der Waals surface area contributed by atoms with E-state index in [1.807, 2.05) is 20.9 Å². The smallest absolute Gasteiger partial charge is 0.135 e. The molecule has 0 radical (unpaired) electrons. The van der Waals surface area contributed by atoms with E-state index in [1.165, 1.54) is 0 Å². The first kappa shape index (κ1) is 12.1. The number of hydrogen-bond donors (Lipinski definition) is 3. The largest absolute Gasteiger partial charge is 0.394 e. The van der Waals surface area contributed by atoms with Gasteiger partial charge in [-0.15, -0.1) is 0 Å². The van der Waals surface area contributed by atoms with Crippen molar-refractivity contribution < 1.29 is 5.11 Å². The third-order valence-corrected chi connectivity index (χ3v) is 3.28. The van der Waals surface area contributed by atoms with Crippen LogP contribution in [-0.4, -0.2) is 34.3 Å². The summed E-state index contributed by atoms with van der Waals surface area (Å²) in [4.78, 5) is 8.92. The van der Waals surface area contributed by atoms with Crippen LogP contribution in [0.5, 0.6) is 0 Å². The summed E-state index contributed by atoms with van der Waals surface area (Å²) in [5.74, 6) is 2.51. The molecule has 0 aliphatic heterocycles. The minimum Gasteiger partial charge on any atom is -0.394 e. The molecular weight excluding hydrogens is 216 g/mol. The predicted octanol–water partition coefficient (Wildman–Crippen LogP) is 1.33. The molecule has 1 aliphatic rings. The third kappa shape index (κ3) is 2.34. The Bertz CT molecular complexity index is 415. The Hall–Kier alpha value is -1.36. The van der Waals surface area contributed by atoms with Crippen molar-refractivity contribution in [1.29, 1.82) is 0 Å². The van der Waals surface area contributed by atoms with Gasteiger partial charge in [-0.05, 0) is 19.8 Å². The summed E-state index contributed by atoms with van der Waals surface area (Å²) in [5.41, 5.74) is 0.860. The lowest BCUT2D eigenvalue weighted by atomic mass is 10.2. The third-order valence-electron chi connectivity index (χ3n) is 3.28. The maximum absolute atomic E-state index is 9.34. The first-order chi connectivity index (χ1) is 8.14. The maximum atomic E-state index is 9.34. The number of nitrogens with zero attached hydrogens (tertiary/aromatic N) is 2. The number of anilines is 2. The monoisotopic (exact) mass is 236 g/mol. The van der Waals surface area contributed by atoms with Crippen LogP contribution in [0.2, 0.25) is 0 Å². The van der Waals surface area contributed by atoms with Gasteiger partial charge in [-0.2, -0.15) is 0 Å². The molecule has 1 heterocycles. The Balaban J connectivity index is 2.31. The lowest BCUT2D eigenvalue weighted by Gasteiger charge is -2.18. The fraction of sp³-hybridized carbons (Fsp3) is 0.667. The van der Waals surface area contributed by atoms with Gasteiger partial charge in [-0.3, -0.25) is 0 Å². The summed E-state index contributed by atoms with van der Waals surface area (Å²) in [6.45, 7) is 4.18.